The first-order valence-electron chi connectivity index (χ1n) is 13.1. The number of carbonyl (C=O) groups excluding carboxylic acids is 2. The van der Waals surface area contributed by atoms with Crippen LogP contribution in [-0.4, -0.2) is 74.6 Å². The van der Waals surface area contributed by atoms with Gasteiger partial charge >= 0.3 is 0 Å². The van der Waals surface area contributed by atoms with Crippen LogP contribution >= 0.6 is 0 Å². The summed E-state index contributed by atoms with van der Waals surface area (Å²) < 4.78 is 18.5. The minimum atomic E-state index is -0.269. The minimum Gasteiger partial charge on any atom is -0.375 e. The molecule has 36 heavy (non-hydrogen) atoms. The summed E-state index contributed by atoms with van der Waals surface area (Å²) in [7, 11) is 3.33. The predicted molar refractivity (Wildman–Crippen MR) is 140 cm³/mol. The number of benzene rings is 2. The molecule has 1 unspecified atom stereocenters. The Bertz CT molecular complexity index is 997. The van der Waals surface area contributed by atoms with Crippen molar-refractivity contribution in [3.63, 3.8) is 0 Å². The lowest BCUT2D eigenvalue weighted by Gasteiger charge is -2.40. The van der Waals surface area contributed by atoms with Crippen molar-refractivity contribution >= 4 is 17.5 Å². The Morgan fingerprint density at radius 2 is 1.61 bits per heavy atom. The molecule has 0 aliphatic carbocycles. The van der Waals surface area contributed by atoms with E-state index in [-0.39, 0.29) is 36.2 Å². The Morgan fingerprint density at radius 1 is 0.972 bits per heavy atom. The number of methoxy groups -OCH3 is 1. The molecular formula is C29H38FN3O3. The monoisotopic (exact) mass is 495 g/mol. The second kappa shape index (κ2) is 12.3. The fourth-order valence-corrected chi connectivity index (χ4v) is 5.53. The molecule has 0 radical (unpaired) electrons. The van der Waals surface area contributed by atoms with Crippen LogP contribution in [0.25, 0.3) is 0 Å². The second-order valence-corrected chi connectivity index (χ2v) is 10.1. The summed E-state index contributed by atoms with van der Waals surface area (Å²) in [5.41, 5.74) is 2.91. The molecule has 194 valence electrons. The molecule has 0 bridgehead atoms. The number of nitrogens with zero attached hydrogens (tertiary/aromatic N) is 3. The van der Waals surface area contributed by atoms with E-state index >= 15 is 0 Å². The number of amides is 2. The highest BCUT2D eigenvalue weighted by Crippen LogP contribution is 2.28. The molecule has 2 aliphatic rings. The van der Waals surface area contributed by atoms with Crippen molar-refractivity contribution in [2.75, 3.05) is 51.8 Å². The molecule has 2 saturated heterocycles. The fraction of sp³-hybridized carbons (Fsp3) is 0.517. The maximum atomic E-state index is 13.4. The molecule has 2 heterocycles. The first kappa shape index (κ1) is 26.1. The van der Waals surface area contributed by atoms with Gasteiger partial charge in [0, 0.05) is 57.6 Å². The van der Waals surface area contributed by atoms with E-state index in [1.54, 1.807) is 17.0 Å². The van der Waals surface area contributed by atoms with Crippen molar-refractivity contribution in [3.8, 4) is 0 Å². The largest absolute Gasteiger partial charge is 0.375 e. The lowest BCUT2D eigenvalue weighted by Crippen LogP contribution is -2.49. The predicted octanol–water partition coefficient (Wildman–Crippen LogP) is 4.38. The lowest BCUT2D eigenvalue weighted by atomic mass is 9.84. The normalized spacial score (nSPS) is 17.6. The summed E-state index contributed by atoms with van der Waals surface area (Å²) >= 11 is 0. The Kier molecular flexibility index (Phi) is 8.97. The lowest BCUT2D eigenvalue weighted by molar-refractivity contribution is -0.137. The third-order valence-electron chi connectivity index (χ3n) is 7.72. The van der Waals surface area contributed by atoms with Crippen molar-refractivity contribution in [2.24, 2.45) is 5.92 Å². The number of ether oxygens (including phenoxy) is 1. The van der Waals surface area contributed by atoms with Gasteiger partial charge in [-0.2, -0.15) is 0 Å². The molecular weight excluding hydrogens is 457 g/mol. The molecule has 2 fully saturated rings. The summed E-state index contributed by atoms with van der Waals surface area (Å²) in [6.45, 7) is 3.51. The van der Waals surface area contributed by atoms with Crippen LogP contribution in [0.5, 0.6) is 0 Å². The number of carbonyl (C=O) groups is 2. The van der Waals surface area contributed by atoms with Crippen molar-refractivity contribution in [1.82, 2.24) is 9.80 Å². The number of rotatable bonds is 8. The smallest absolute Gasteiger partial charge is 0.253 e. The van der Waals surface area contributed by atoms with E-state index in [1.807, 2.05) is 24.1 Å². The Morgan fingerprint density at radius 3 is 2.22 bits per heavy atom. The third-order valence-corrected chi connectivity index (χ3v) is 7.72. The van der Waals surface area contributed by atoms with Crippen molar-refractivity contribution < 1.29 is 18.7 Å². The highest BCUT2D eigenvalue weighted by atomic mass is 19.1. The Hall–Kier alpha value is -2.93. The number of hydrogen-bond donors (Lipinski definition) is 0. The van der Waals surface area contributed by atoms with E-state index in [0.29, 0.717) is 19.5 Å². The van der Waals surface area contributed by atoms with Crippen LogP contribution in [0.3, 0.4) is 0 Å². The SMILES string of the molecule is COCC(=O)N(C)C(Cc1ccc(F)cc1)C1CCN(C(=O)c2ccc(N3CCCCC3)cc2)CC1. The van der Waals surface area contributed by atoms with Gasteiger partial charge in [0.2, 0.25) is 5.91 Å². The average molecular weight is 496 g/mol. The zero-order chi connectivity index (χ0) is 25.5. The van der Waals surface area contributed by atoms with E-state index in [4.69, 9.17) is 4.74 Å². The first-order chi connectivity index (χ1) is 17.5. The minimum absolute atomic E-state index is 0.0289. The van der Waals surface area contributed by atoms with Crippen molar-refractivity contribution in [1.29, 1.82) is 0 Å². The quantitative estimate of drug-likeness (QED) is 0.545. The molecule has 1 atom stereocenters. The first-order valence-corrected chi connectivity index (χ1v) is 13.1. The van der Waals surface area contributed by atoms with Gasteiger partial charge in [-0.15, -0.1) is 0 Å². The highest BCUT2D eigenvalue weighted by Gasteiger charge is 2.33. The highest BCUT2D eigenvalue weighted by molar-refractivity contribution is 5.94. The molecule has 6 nitrogen and oxygen atoms in total. The number of likely N-dealkylation sites (tertiary alicyclic amines) is 1. The second-order valence-electron chi connectivity index (χ2n) is 10.1. The van der Waals surface area contributed by atoms with Gasteiger partial charge < -0.3 is 19.4 Å². The van der Waals surface area contributed by atoms with E-state index in [9.17, 15) is 14.0 Å². The van der Waals surface area contributed by atoms with Gasteiger partial charge in [-0.05, 0) is 86.4 Å². The van der Waals surface area contributed by atoms with Crippen LogP contribution < -0.4 is 4.90 Å². The zero-order valence-corrected chi connectivity index (χ0v) is 21.5. The number of piperidine rings is 2. The number of hydrogen-bond acceptors (Lipinski definition) is 4. The number of likely N-dealkylation sites (N-methyl/N-ethyl adjacent to an activating group) is 1. The standard InChI is InChI=1S/C29H38FN3O3/c1-31(28(34)21-36-2)27(20-22-6-10-25(30)11-7-22)23-14-18-33(19-15-23)29(35)24-8-12-26(13-9-24)32-16-4-3-5-17-32/h6-13,23,27H,3-5,14-21H2,1-2H3. The van der Waals surface area contributed by atoms with Crippen LogP contribution in [0.4, 0.5) is 10.1 Å². The molecule has 0 N–H and O–H groups in total. The van der Waals surface area contributed by atoms with Crippen molar-refractivity contribution in [3.05, 3.63) is 65.5 Å². The maximum Gasteiger partial charge on any atom is 0.253 e. The van der Waals surface area contributed by atoms with E-state index in [0.717, 1.165) is 37.1 Å². The van der Waals surface area contributed by atoms with E-state index in [1.165, 1.54) is 44.2 Å². The summed E-state index contributed by atoms with van der Waals surface area (Å²) in [6, 6.07) is 14.5. The van der Waals surface area contributed by atoms with Crippen LogP contribution in [0.1, 0.15) is 48.0 Å². The van der Waals surface area contributed by atoms with Crippen LogP contribution in [0, 0.1) is 11.7 Å². The number of anilines is 1. The molecule has 4 rings (SSSR count). The molecule has 2 aromatic rings. The van der Waals surface area contributed by atoms with Crippen LogP contribution in [0.2, 0.25) is 0 Å². The van der Waals surface area contributed by atoms with Gasteiger partial charge in [0.05, 0.1) is 0 Å². The van der Waals surface area contributed by atoms with Gasteiger partial charge in [0.1, 0.15) is 12.4 Å². The average Bonchev–Trinajstić information content (AvgIpc) is 2.93. The van der Waals surface area contributed by atoms with Gasteiger partial charge in [0.25, 0.3) is 5.91 Å². The van der Waals surface area contributed by atoms with E-state index < -0.39 is 0 Å². The molecule has 2 amide bonds. The molecule has 7 heteroatoms. The van der Waals surface area contributed by atoms with Crippen LogP contribution in [0.15, 0.2) is 48.5 Å². The van der Waals surface area contributed by atoms with Gasteiger partial charge in [-0.25, -0.2) is 4.39 Å². The van der Waals surface area contributed by atoms with Gasteiger partial charge in [0.15, 0.2) is 0 Å². The Balaban J connectivity index is 1.39. The zero-order valence-electron chi connectivity index (χ0n) is 21.5. The third kappa shape index (κ3) is 6.44. The van der Waals surface area contributed by atoms with E-state index in [2.05, 4.69) is 17.0 Å². The molecule has 2 aromatic carbocycles. The molecule has 2 aliphatic heterocycles. The summed E-state index contributed by atoms with van der Waals surface area (Å²) in [4.78, 5) is 31.9. The van der Waals surface area contributed by atoms with Crippen molar-refractivity contribution in [2.45, 2.75) is 44.6 Å². The Labute approximate surface area is 214 Å². The summed E-state index contributed by atoms with van der Waals surface area (Å²) in [5, 5.41) is 0. The molecule has 0 aromatic heterocycles. The van der Waals surface area contributed by atoms with Gasteiger partial charge in [-0.1, -0.05) is 12.1 Å². The maximum absolute atomic E-state index is 13.4. The summed E-state index contributed by atoms with van der Waals surface area (Å²) in [5.74, 6) is -0.0317. The number of halogens is 1. The molecule has 0 saturated carbocycles. The van der Waals surface area contributed by atoms with Crippen LogP contribution in [-0.2, 0) is 16.0 Å². The summed E-state index contributed by atoms with van der Waals surface area (Å²) in [6.07, 6.45) is 6.02. The topological polar surface area (TPSA) is 53.1 Å². The fourth-order valence-electron chi connectivity index (χ4n) is 5.53. The van der Waals surface area contributed by atoms with Gasteiger partial charge in [-0.3, -0.25) is 9.59 Å². The molecule has 0 spiro atoms.